The number of nitrogens with zero attached hydrogens (tertiary/aromatic N) is 3. The number of primary amides is 1. The van der Waals surface area contributed by atoms with Crippen molar-refractivity contribution in [1.29, 1.82) is 0 Å². The molecule has 3 heterocycles. The van der Waals surface area contributed by atoms with Gasteiger partial charge in [0.25, 0.3) is 5.91 Å². The van der Waals surface area contributed by atoms with E-state index in [0.717, 1.165) is 54.5 Å². The van der Waals surface area contributed by atoms with Gasteiger partial charge in [-0.1, -0.05) is 31.9 Å². The van der Waals surface area contributed by atoms with Gasteiger partial charge in [0.1, 0.15) is 11.3 Å². The molecule has 2 unspecified atom stereocenters. The number of rotatable bonds is 8. The minimum Gasteiger partial charge on any atom is -0.392 e. The van der Waals surface area contributed by atoms with Crippen molar-refractivity contribution in [3.8, 4) is 11.4 Å². The predicted octanol–water partition coefficient (Wildman–Crippen LogP) is 3.82. The molecule has 36 heavy (non-hydrogen) atoms. The maximum atomic E-state index is 12.3. The standard InChI is InChI=1S/C27H31N7O2/c1-2-18-17(14-30-21-7-3-4-9-22(21)35)6-5-8-20(18)32-23-19(25(28)36)15-31-27-24(23)33-26(34-27)16-10-12-29-13-11-16/h5-6,8,10-13,15,21-22,30,35H,2-4,7,9,14H2,1H3,(H2,28,36)(H2,31,32,33,34). The Labute approximate surface area is 209 Å². The van der Waals surface area contributed by atoms with E-state index in [2.05, 4.69) is 43.6 Å². The summed E-state index contributed by atoms with van der Waals surface area (Å²) in [6, 6.07) is 9.91. The van der Waals surface area contributed by atoms with Crippen molar-refractivity contribution in [3.63, 3.8) is 0 Å². The lowest BCUT2D eigenvalue weighted by atomic mass is 9.92. The van der Waals surface area contributed by atoms with Crippen molar-refractivity contribution in [1.82, 2.24) is 25.3 Å². The zero-order valence-electron chi connectivity index (χ0n) is 20.3. The van der Waals surface area contributed by atoms with Crippen LogP contribution in [0.15, 0.2) is 48.9 Å². The molecule has 6 N–H and O–H groups in total. The van der Waals surface area contributed by atoms with Crippen LogP contribution in [0.25, 0.3) is 22.6 Å². The van der Waals surface area contributed by atoms with E-state index >= 15 is 0 Å². The van der Waals surface area contributed by atoms with E-state index in [1.807, 2.05) is 24.3 Å². The van der Waals surface area contributed by atoms with Crippen LogP contribution >= 0.6 is 0 Å². The third-order valence-electron chi connectivity index (χ3n) is 6.91. The number of anilines is 2. The Morgan fingerprint density at radius 1 is 1.19 bits per heavy atom. The van der Waals surface area contributed by atoms with E-state index in [4.69, 9.17) is 5.73 Å². The molecule has 1 aliphatic rings. The lowest BCUT2D eigenvalue weighted by molar-refractivity contribution is 0.0902. The molecule has 1 fully saturated rings. The van der Waals surface area contributed by atoms with Crippen LogP contribution in [0.4, 0.5) is 11.4 Å². The Bertz CT molecular complexity index is 1370. The summed E-state index contributed by atoms with van der Waals surface area (Å²) >= 11 is 0. The second-order valence-corrected chi connectivity index (χ2v) is 9.19. The molecular formula is C27H31N7O2. The second kappa shape index (κ2) is 10.4. The van der Waals surface area contributed by atoms with Crippen molar-refractivity contribution in [2.24, 2.45) is 5.73 Å². The summed E-state index contributed by atoms with van der Waals surface area (Å²) in [4.78, 5) is 28.7. The molecule has 0 saturated heterocycles. The number of nitrogens with one attached hydrogen (secondary N) is 3. The first-order valence-corrected chi connectivity index (χ1v) is 12.4. The first-order chi connectivity index (χ1) is 17.5. The minimum absolute atomic E-state index is 0.109. The summed E-state index contributed by atoms with van der Waals surface area (Å²) < 4.78 is 0. The molecule has 3 aromatic heterocycles. The molecule has 2 atom stereocenters. The highest BCUT2D eigenvalue weighted by molar-refractivity contribution is 6.06. The fourth-order valence-electron chi connectivity index (χ4n) is 4.98. The zero-order valence-corrected chi connectivity index (χ0v) is 20.3. The number of aromatic amines is 1. The summed E-state index contributed by atoms with van der Waals surface area (Å²) in [5, 5.41) is 17.4. The first kappa shape index (κ1) is 23.9. The highest BCUT2D eigenvalue weighted by Crippen LogP contribution is 2.32. The van der Waals surface area contributed by atoms with Crippen LogP contribution in [0.5, 0.6) is 0 Å². The highest BCUT2D eigenvalue weighted by Gasteiger charge is 2.23. The number of pyridine rings is 2. The average molecular weight is 486 g/mol. The van der Waals surface area contributed by atoms with Gasteiger partial charge in [-0.25, -0.2) is 9.97 Å². The summed E-state index contributed by atoms with van der Waals surface area (Å²) in [6.07, 6.45) is 9.39. The number of benzene rings is 1. The van der Waals surface area contributed by atoms with E-state index in [9.17, 15) is 9.90 Å². The van der Waals surface area contributed by atoms with Crippen molar-refractivity contribution < 1.29 is 9.90 Å². The molecule has 0 radical (unpaired) electrons. The molecule has 9 heteroatoms. The molecule has 1 saturated carbocycles. The van der Waals surface area contributed by atoms with Crippen LogP contribution in [0.1, 0.15) is 54.1 Å². The van der Waals surface area contributed by atoms with E-state index in [1.165, 1.54) is 6.20 Å². The molecule has 1 aliphatic carbocycles. The van der Waals surface area contributed by atoms with Gasteiger partial charge < -0.3 is 26.5 Å². The van der Waals surface area contributed by atoms with Crippen LogP contribution in [0.3, 0.4) is 0 Å². The molecule has 9 nitrogen and oxygen atoms in total. The first-order valence-electron chi connectivity index (χ1n) is 12.4. The number of carbonyl (C=O) groups excluding carboxylic acids is 1. The molecule has 5 rings (SSSR count). The lowest BCUT2D eigenvalue weighted by Crippen LogP contribution is -2.41. The molecule has 0 spiro atoms. The van der Waals surface area contributed by atoms with E-state index in [1.54, 1.807) is 12.4 Å². The number of nitrogens with two attached hydrogens (primary N) is 1. The maximum Gasteiger partial charge on any atom is 0.252 e. The van der Waals surface area contributed by atoms with Crippen molar-refractivity contribution >= 4 is 28.4 Å². The predicted molar refractivity (Wildman–Crippen MR) is 140 cm³/mol. The number of H-pyrrole nitrogens is 1. The fourth-order valence-corrected chi connectivity index (χ4v) is 4.98. The molecule has 0 bridgehead atoms. The van der Waals surface area contributed by atoms with Gasteiger partial charge in [-0.15, -0.1) is 0 Å². The number of hydrogen-bond acceptors (Lipinski definition) is 7. The molecular weight excluding hydrogens is 454 g/mol. The Hall–Kier alpha value is -3.82. The van der Waals surface area contributed by atoms with E-state index in [-0.39, 0.29) is 17.7 Å². The Balaban J connectivity index is 1.50. The normalized spacial score (nSPS) is 17.8. The summed E-state index contributed by atoms with van der Waals surface area (Å²) in [5.41, 5.74) is 11.7. The molecule has 1 aromatic carbocycles. The SMILES string of the molecule is CCc1c(CNC2CCCCC2O)cccc1Nc1c(C(N)=O)cnc2nc(-c3ccncc3)[nH]c12. The number of hydrogen-bond donors (Lipinski definition) is 5. The average Bonchev–Trinajstić information content (AvgIpc) is 3.34. The number of aromatic nitrogens is 4. The number of aliphatic hydroxyl groups excluding tert-OH is 1. The zero-order chi connectivity index (χ0) is 25.1. The molecule has 4 aromatic rings. The Morgan fingerprint density at radius 3 is 2.75 bits per heavy atom. The van der Waals surface area contributed by atoms with Gasteiger partial charge in [-0.05, 0) is 48.6 Å². The monoisotopic (exact) mass is 485 g/mol. The topological polar surface area (TPSA) is 142 Å². The van der Waals surface area contributed by atoms with Crippen molar-refractivity contribution in [2.45, 2.75) is 57.7 Å². The fraction of sp³-hybridized carbons (Fsp3) is 0.333. The van der Waals surface area contributed by atoms with Crippen LogP contribution in [0.2, 0.25) is 0 Å². The largest absolute Gasteiger partial charge is 0.392 e. The number of fused-ring (bicyclic) bond motifs is 1. The van der Waals surface area contributed by atoms with Crippen LogP contribution in [0, 0.1) is 0 Å². The Morgan fingerprint density at radius 2 is 2.00 bits per heavy atom. The van der Waals surface area contributed by atoms with Crippen molar-refractivity contribution in [2.75, 3.05) is 5.32 Å². The molecule has 186 valence electrons. The second-order valence-electron chi connectivity index (χ2n) is 9.19. The van der Waals surface area contributed by atoms with Gasteiger partial charge in [0.15, 0.2) is 5.65 Å². The summed E-state index contributed by atoms with van der Waals surface area (Å²) in [7, 11) is 0. The maximum absolute atomic E-state index is 12.3. The number of aliphatic hydroxyl groups is 1. The van der Waals surface area contributed by atoms with Gasteiger partial charge in [-0.3, -0.25) is 9.78 Å². The van der Waals surface area contributed by atoms with Gasteiger partial charge in [0.05, 0.1) is 17.4 Å². The number of amides is 1. The van der Waals surface area contributed by atoms with Crippen molar-refractivity contribution in [3.05, 3.63) is 65.6 Å². The smallest absolute Gasteiger partial charge is 0.252 e. The number of carbonyl (C=O) groups is 1. The third kappa shape index (κ3) is 4.80. The highest BCUT2D eigenvalue weighted by atomic mass is 16.3. The van der Waals surface area contributed by atoms with Crippen LogP contribution in [-0.4, -0.2) is 43.1 Å². The van der Waals surface area contributed by atoms with Gasteiger partial charge in [0.2, 0.25) is 0 Å². The molecule has 0 aliphatic heterocycles. The van der Waals surface area contributed by atoms with Gasteiger partial charge >= 0.3 is 0 Å². The van der Waals surface area contributed by atoms with E-state index < -0.39 is 5.91 Å². The lowest BCUT2D eigenvalue weighted by Gasteiger charge is -2.29. The van der Waals surface area contributed by atoms with Gasteiger partial charge in [0, 0.05) is 42.4 Å². The van der Waals surface area contributed by atoms with E-state index in [0.29, 0.717) is 29.2 Å². The summed E-state index contributed by atoms with van der Waals surface area (Å²) in [5.74, 6) is 0.0541. The van der Waals surface area contributed by atoms with Crippen LogP contribution < -0.4 is 16.4 Å². The van der Waals surface area contributed by atoms with Crippen LogP contribution in [-0.2, 0) is 13.0 Å². The minimum atomic E-state index is -0.575. The van der Waals surface area contributed by atoms with Gasteiger partial charge in [-0.2, -0.15) is 0 Å². The summed E-state index contributed by atoms with van der Waals surface area (Å²) in [6.45, 7) is 2.76. The third-order valence-corrected chi connectivity index (χ3v) is 6.91. The number of imidazole rings is 1. The Kier molecular flexibility index (Phi) is 6.92. The molecule has 1 amide bonds. The quantitative estimate of drug-likeness (QED) is 0.255.